The van der Waals surface area contributed by atoms with Gasteiger partial charge in [0.05, 0.1) is 36.2 Å². The Morgan fingerprint density at radius 2 is 0.717 bits per heavy atom. The second-order valence-corrected chi connectivity index (χ2v) is 19.8. The average molecular weight is 899 g/mol. The number of hydrogen-bond acceptors (Lipinski definition) is 6. The minimum atomic E-state index is 0.0774. The van der Waals surface area contributed by atoms with Gasteiger partial charge in [-0.05, 0) is 70.9 Å². The molecule has 0 aromatic carbocycles. The van der Waals surface area contributed by atoms with Crippen molar-refractivity contribution in [1.82, 2.24) is 0 Å². The Labute approximate surface area is 316 Å². The van der Waals surface area contributed by atoms with Crippen molar-refractivity contribution in [3.8, 4) is 32.8 Å². The van der Waals surface area contributed by atoms with Crippen LogP contribution in [0.1, 0.15) is 156 Å². The van der Waals surface area contributed by atoms with E-state index in [2.05, 4.69) is 72.9 Å². The fraction of sp³-hybridized carbons (Fsp3) is 0.789. The number of unbranched alkanes of at least 4 members (excludes halogenated alkanes) is 12. The number of hydrogen-bond donors (Lipinski definition) is 0. The van der Waals surface area contributed by atoms with Crippen molar-refractivity contribution in [1.29, 1.82) is 0 Å². The van der Waals surface area contributed by atoms with Crippen LogP contribution in [0.3, 0.4) is 0 Å². The van der Waals surface area contributed by atoms with E-state index in [1.807, 2.05) is 0 Å². The summed E-state index contributed by atoms with van der Waals surface area (Å²) in [6, 6.07) is 0. The average Bonchev–Trinajstić information content (AvgIpc) is 3.36. The van der Waals surface area contributed by atoms with Crippen LogP contribution in [-0.2, 0) is 0 Å². The Kier molecular flexibility index (Phi) is 16.9. The lowest BCUT2D eigenvalue weighted by atomic mass is 9.79. The molecule has 2 aliphatic heterocycles. The summed E-state index contributed by atoms with van der Waals surface area (Å²) in [5, 5.41) is 0. The summed E-state index contributed by atoms with van der Waals surface area (Å²) in [5.41, 5.74) is 0.155. The lowest BCUT2D eigenvalue weighted by molar-refractivity contribution is 0.0778. The van der Waals surface area contributed by atoms with Crippen LogP contribution in [0.4, 0.5) is 0 Å². The molecule has 8 heteroatoms. The molecule has 0 N–H and O–H groups in total. The third-order valence-corrected chi connectivity index (χ3v) is 14.5. The SMILES string of the molecule is CCCCCCC1(CCCCCC)COc2c(I)sc(-c3sc(I)c4c3OCC(CCCCCC)(CCCCCC)CO4)c2OC1. The van der Waals surface area contributed by atoms with Gasteiger partial charge in [0, 0.05) is 10.8 Å². The van der Waals surface area contributed by atoms with E-state index in [0.717, 1.165) is 59.2 Å². The zero-order valence-corrected chi connectivity index (χ0v) is 35.1. The summed E-state index contributed by atoms with van der Waals surface area (Å²) >= 11 is 8.49. The Morgan fingerprint density at radius 3 is 1.00 bits per heavy atom. The highest BCUT2D eigenvalue weighted by molar-refractivity contribution is 14.1. The molecule has 2 aromatic rings. The van der Waals surface area contributed by atoms with E-state index >= 15 is 0 Å². The number of thiophene rings is 2. The number of fused-ring (bicyclic) bond motifs is 2. The predicted molar refractivity (Wildman–Crippen MR) is 215 cm³/mol. The molecule has 0 bridgehead atoms. The molecule has 4 nitrogen and oxygen atoms in total. The Balaban J connectivity index is 1.56. The molecule has 0 atom stereocenters. The van der Waals surface area contributed by atoms with E-state index in [4.69, 9.17) is 18.9 Å². The first-order valence-corrected chi connectivity index (χ1v) is 22.4. The first-order valence-electron chi connectivity index (χ1n) is 18.6. The van der Waals surface area contributed by atoms with Gasteiger partial charge in [0.25, 0.3) is 0 Å². The maximum absolute atomic E-state index is 6.90. The standard InChI is InChI=1S/C38H60I2O4S2/c1-5-9-13-17-21-37(22-18-14-10-6-2)25-41-29-31(43-27-37)35(39)45-33(29)34-30-32(36(40)46-34)44-28-38(26-42-30,23-19-15-11-7-3)24-20-16-12-8-4/h5-28H2,1-4H3. The van der Waals surface area contributed by atoms with Crippen molar-refractivity contribution in [2.75, 3.05) is 26.4 Å². The highest BCUT2D eigenvalue weighted by atomic mass is 127. The minimum Gasteiger partial charge on any atom is -0.487 e. The molecule has 0 aliphatic carbocycles. The topological polar surface area (TPSA) is 36.9 Å². The maximum Gasteiger partial charge on any atom is 0.186 e. The summed E-state index contributed by atoms with van der Waals surface area (Å²) in [6.07, 6.45) is 25.3. The van der Waals surface area contributed by atoms with Crippen molar-refractivity contribution in [2.45, 2.75) is 156 Å². The summed E-state index contributed by atoms with van der Waals surface area (Å²) < 4.78 is 29.6. The van der Waals surface area contributed by atoms with Gasteiger partial charge >= 0.3 is 0 Å². The fourth-order valence-corrected chi connectivity index (χ4v) is 11.2. The molecule has 0 fully saturated rings. The molecular formula is C38H60I2O4S2. The van der Waals surface area contributed by atoms with Gasteiger partial charge in [0.1, 0.15) is 5.77 Å². The predicted octanol–water partition coefficient (Wildman–Crippen LogP) is 14.1. The third kappa shape index (κ3) is 10.5. The van der Waals surface area contributed by atoms with Gasteiger partial charge in [-0.3, -0.25) is 0 Å². The number of halogens is 2. The van der Waals surface area contributed by atoms with Gasteiger partial charge < -0.3 is 18.9 Å². The third-order valence-electron chi connectivity index (χ3n) is 10.1. The van der Waals surface area contributed by atoms with Crippen molar-refractivity contribution in [3.63, 3.8) is 0 Å². The van der Waals surface area contributed by atoms with Gasteiger partial charge in [-0.25, -0.2) is 0 Å². The highest BCUT2D eigenvalue weighted by Crippen LogP contribution is 2.59. The molecule has 262 valence electrons. The Morgan fingerprint density at radius 1 is 0.435 bits per heavy atom. The van der Waals surface area contributed by atoms with Crippen LogP contribution in [0.5, 0.6) is 23.0 Å². The number of ether oxygens (including phenoxy) is 4. The summed E-state index contributed by atoms with van der Waals surface area (Å²) in [7, 11) is 0. The van der Waals surface area contributed by atoms with Gasteiger partial charge in [-0.2, -0.15) is 0 Å². The zero-order valence-electron chi connectivity index (χ0n) is 29.2. The van der Waals surface area contributed by atoms with Crippen molar-refractivity contribution in [2.24, 2.45) is 10.8 Å². The lowest BCUT2D eigenvalue weighted by Crippen LogP contribution is -2.34. The molecule has 2 aliphatic rings. The Bertz CT molecular complexity index is 1060. The first-order chi connectivity index (χ1) is 22.4. The van der Waals surface area contributed by atoms with E-state index in [0.29, 0.717) is 0 Å². The molecule has 0 unspecified atom stereocenters. The highest BCUT2D eigenvalue weighted by Gasteiger charge is 2.40. The molecule has 0 spiro atoms. The van der Waals surface area contributed by atoms with Crippen LogP contribution < -0.4 is 18.9 Å². The van der Waals surface area contributed by atoms with E-state index in [1.165, 1.54) is 134 Å². The minimum absolute atomic E-state index is 0.0774. The quantitative estimate of drug-likeness (QED) is 0.0924. The van der Waals surface area contributed by atoms with Gasteiger partial charge in [-0.1, -0.05) is 130 Å². The smallest absolute Gasteiger partial charge is 0.186 e. The molecular weight excluding hydrogens is 838 g/mol. The first kappa shape index (κ1) is 38.9. The maximum atomic E-state index is 6.90. The van der Waals surface area contributed by atoms with Crippen LogP contribution in [0.2, 0.25) is 0 Å². The molecule has 0 saturated carbocycles. The van der Waals surface area contributed by atoms with Crippen molar-refractivity contribution >= 4 is 67.9 Å². The van der Waals surface area contributed by atoms with E-state index in [9.17, 15) is 0 Å². The summed E-state index contributed by atoms with van der Waals surface area (Å²) in [4.78, 5) is 2.30. The van der Waals surface area contributed by atoms with Crippen molar-refractivity contribution < 1.29 is 18.9 Å². The number of rotatable bonds is 21. The summed E-state index contributed by atoms with van der Waals surface area (Å²) in [6.45, 7) is 12.1. The molecule has 46 heavy (non-hydrogen) atoms. The fourth-order valence-electron chi connectivity index (χ4n) is 7.07. The van der Waals surface area contributed by atoms with Gasteiger partial charge in [-0.15, -0.1) is 22.7 Å². The monoisotopic (exact) mass is 898 g/mol. The summed E-state index contributed by atoms with van der Waals surface area (Å²) in [5.74, 6) is 3.74. The van der Waals surface area contributed by atoms with Crippen LogP contribution in [-0.4, -0.2) is 26.4 Å². The Hall–Kier alpha value is 0.0600. The van der Waals surface area contributed by atoms with Crippen LogP contribution in [0.25, 0.3) is 9.75 Å². The molecule has 4 rings (SSSR count). The normalized spacial score (nSPS) is 16.7. The molecule has 2 aromatic heterocycles. The van der Waals surface area contributed by atoms with Gasteiger partial charge in [0.2, 0.25) is 0 Å². The molecule has 0 amide bonds. The van der Waals surface area contributed by atoms with Crippen LogP contribution >= 0.6 is 67.9 Å². The second kappa shape index (κ2) is 20.0. The van der Waals surface area contributed by atoms with E-state index in [-0.39, 0.29) is 10.8 Å². The molecule has 4 heterocycles. The van der Waals surface area contributed by atoms with E-state index in [1.54, 1.807) is 22.7 Å². The van der Waals surface area contributed by atoms with Crippen LogP contribution in [0, 0.1) is 16.6 Å². The zero-order chi connectivity index (χ0) is 32.8. The van der Waals surface area contributed by atoms with E-state index < -0.39 is 0 Å². The molecule has 0 radical (unpaired) electrons. The molecule has 0 saturated heterocycles. The van der Waals surface area contributed by atoms with Crippen molar-refractivity contribution in [3.05, 3.63) is 5.77 Å². The largest absolute Gasteiger partial charge is 0.487 e. The van der Waals surface area contributed by atoms with Crippen LogP contribution in [0.15, 0.2) is 0 Å². The second-order valence-electron chi connectivity index (χ2n) is 14.1. The lowest BCUT2D eigenvalue weighted by Gasteiger charge is -2.31. The van der Waals surface area contributed by atoms with Gasteiger partial charge in [0.15, 0.2) is 23.0 Å².